The third-order valence-corrected chi connectivity index (χ3v) is 16.1. The van der Waals surface area contributed by atoms with Crippen molar-refractivity contribution in [1.82, 2.24) is 0 Å². The third-order valence-electron chi connectivity index (χ3n) is 9.26. The lowest BCUT2D eigenvalue weighted by Gasteiger charge is -2.32. The van der Waals surface area contributed by atoms with Crippen LogP contribution >= 0.6 is 14.1 Å². The number of fused-ring (bicyclic) bond motifs is 2. The van der Waals surface area contributed by atoms with Crippen LogP contribution in [0.1, 0.15) is 5.56 Å². The van der Waals surface area contributed by atoms with E-state index in [0.29, 0.717) is 0 Å². The van der Waals surface area contributed by atoms with Gasteiger partial charge in [-0.3, -0.25) is 0 Å². The van der Waals surface area contributed by atoms with Crippen LogP contribution in [-0.2, 0) is 0 Å². The van der Waals surface area contributed by atoms with Crippen molar-refractivity contribution < 1.29 is 0 Å². The summed E-state index contributed by atoms with van der Waals surface area (Å²) < 4.78 is 0. The van der Waals surface area contributed by atoms with Gasteiger partial charge < -0.3 is 0 Å². The van der Waals surface area contributed by atoms with Crippen LogP contribution in [0.25, 0.3) is 27.1 Å². The molecule has 0 saturated heterocycles. The molecule has 2 heteroatoms. The second-order valence-electron chi connectivity index (χ2n) is 11.8. The molecule has 0 amide bonds. The Morgan fingerprint density at radius 2 is 1.17 bits per heavy atom. The lowest BCUT2D eigenvalue weighted by atomic mass is 10.1. The molecule has 0 bridgehead atoms. The number of hydrogen-bond acceptors (Lipinski definition) is 0. The van der Waals surface area contributed by atoms with Gasteiger partial charge in [0.05, 0.1) is 12.6 Å². The van der Waals surface area contributed by atoms with Gasteiger partial charge >= 0.3 is 0 Å². The molecule has 1 aliphatic rings. The van der Waals surface area contributed by atoms with Crippen LogP contribution < -0.4 is 26.5 Å². The maximum atomic E-state index is 7.92. The van der Waals surface area contributed by atoms with E-state index in [0.717, 1.165) is 21.7 Å². The predicted octanol–water partition coefficient (Wildman–Crippen LogP) is 9.14. The number of rotatable bonds is 6. The van der Waals surface area contributed by atoms with Gasteiger partial charge in [0.1, 0.15) is 5.30 Å². The Labute approximate surface area is 273 Å². The lowest BCUT2D eigenvalue weighted by Crippen LogP contribution is -2.31. The molecule has 0 spiro atoms. The summed E-state index contributed by atoms with van der Waals surface area (Å²) >= 11 is 0. The molecule has 4 radical (unpaired) electrons. The molecule has 0 heterocycles. The molecule has 0 saturated carbocycles. The molecule has 218 valence electrons. The minimum absolute atomic E-state index is 1.15. The summed E-state index contributed by atoms with van der Waals surface area (Å²) in [7, 11) is -2.59. The van der Waals surface area contributed by atoms with Crippen molar-refractivity contribution in [1.29, 1.82) is 0 Å². The van der Waals surface area contributed by atoms with Crippen LogP contribution in [0.4, 0.5) is 0 Å². The summed E-state index contributed by atoms with van der Waals surface area (Å²) in [6.45, 7) is 13.3. The van der Waals surface area contributed by atoms with Crippen LogP contribution in [0.2, 0.25) is 0 Å². The number of allylic oxidation sites excluding steroid dienone is 4. The van der Waals surface area contributed by atoms with Crippen LogP contribution in [0, 0.1) is 13.3 Å². The highest BCUT2D eigenvalue weighted by molar-refractivity contribution is 7.97. The van der Waals surface area contributed by atoms with Crippen molar-refractivity contribution in [2.75, 3.05) is 0 Å². The molecule has 1 unspecified atom stereocenters. The Morgan fingerprint density at radius 3 is 1.93 bits per heavy atom. The van der Waals surface area contributed by atoms with E-state index in [4.69, 9.17) is 13.3 Å². The second-order valence-corrected chi connectivity index (χ2v) is 17.6. The third kappa shape index (κ3) is 4.52. The minimum Gasteiger partial charge on any atom is -0.172 e. The molecule has 0 nitrogen and oxygen atoms in total. The average Bonchev–Trinajstić information content (AvgIpc) is 3.82. The molecular formula is C44H32P2. The molecular weight excluding hydrogens is 590 g/mol. The summed E-state index contributed by atoms with van der Waals surface area (Å²) in [5.41, 5.74) is 2.30. The van der Waals surface area contributed by atoms with Gasteiger partial charge in [0.25, 0.3) is 0 Å². The molecule has 1 aliphatic carbocycles. The van der Waals surface area contributed by atoms with Gasteiger partial charge in [-0.2, -0.15) is 12.1 Å². The standard InChI is InChI=1S/C44H32P2/c1-45(35-21-5-3-6-22-35,41-29-13-19-33-17-9-11-25-37(33)41)43-31-15-27-39(43)40-28-16-32-44(40)46(2,36-23-7-4-8-24-36)42-30-14-20-34-18-10-12-26-38(34)42/h1-32H/t45-,46?/m0/s1. The van der Waals surface area contributed by atoms with E-state index < -0.39 is 14.1 Å². The van der Waals surface area contributed by atoms with Crippen molar-refractivity contribution in [3.05, 3.63) is 201 Å². The fourth-order valence-electron chi connectivity index (χ4n) is 7.07. The highest BCUT2D eigenvalue weighted by atomic mass is 31.2. The maximum absolute atomic E-state index is 7.92. The van der Waals surface area contributed by atoms with E-state index in [1.165, 1.54) is 42.8 Å². The van der Waals surface area contributed by atoms with E-state index in [1.54, 1.807) is 0 Å². The van der Waals surface area contributed by atoms with Crippen molar-refractivity contribution in [3.63, 3.8) is 0 Å². The fourth-order valence-corrected chi connectivity index (χ4v) is 13.6. The first-order valence-corrected chi connectivity index (χ1v) is 19.3. The van der Waals surface area contributed by atoms with Gasteiger partial charge in [-0.05, 0) is 51.9 Å². The van der Waals surface area contributed by atoms with Crippen molar-refractivity contribution >= 4 is 73.1 Å². The van der Waals surface area contributed by atoms with Crippen molar-refractivity contribution in [2.45, 2.75) is 0 Å². The van der Waals surface area contributed by atoms with E-state index in [-0.39, 0.29) is 0 Å². The second kappa shape index (κ2) is 11.6. The smallest absolute Gasteiger partial charge is 0.157 e. The Balaban J connectivity index is 1.42. The molecule has 0 aromatic heterocycles. The fraction of sp³-hybridized carbons (Fsp3) is 0. The van der Waals surface area contributed by atoms with Crippen LogP contribution in [0.5, 0.6) is 0 Å². The van der Waals surface area contributed by atoms with Crippen LogP contribution in [0.15, 0.2) is 182 Å². The molecule has 8 rings (SSSR count). The average molecular weight is 623 g/mol. The first-order chi connectivity index (χ1) is 22.6. The van der Waals surface area contributed by atoms with Gasteiger partial charge in [-0.1, -0.05) is 156 Å². The summed E-state index contributed by atoms with van der Waals surface area (Å²) in [6, 6.07) is 58.2. The summed E-state index contributed by atoms with van der Waals surface area (Å²) in [5, 5.41) is 11.8. The molecule has 46 heavy (non-hydrogen) atoms. The minimum atomic E-state index is -2.59. The van der Waals surface area contributed by atoms with E-state index in [1.807, 2.05) is 0 Å². The first kappa shape index (κ1) is 28.8. The van der Waals surface area contributed by atoms with E-state index in [9.17, 15) is 0 Å². The zero-order valence-electron chi connectivity index (χ0n) is 25.4. The highest BCUT2D eigenvalue weighted by Gasteiger charge is 2.41. The van der Waals surface area contributed by atoms with Gasteiger partial charge in [-0.15, -0.1) is 11.6 Å². The normalized spacial score (nSPS) is 15.5. The molecule has 7 aromatic rings. The van der Waals surface area contributed by atoms with Crippen LogP contribution in [0.3, 0.4) is 0 Å². The zero-order chi connectivity index (χ0) is 31.1. The maximum Gasteiger partial charge on any atom is 0.157 e. The molecule has 7 aromatic carbocycles. The topological polar surface area (TPSA) is 0 Å². The van der Waals surface area contributed by atoms with E-state index in [2.05, 4.69) is 182 Å². The summed E-state index contributed by atoms with van der Waals surface area (Å²) in [5.74, 6) is 0. The first-order valence-electron chi connectivity index (χ1n) is 15.6. The van der Waals surface area contributed by atoms with E-state index >= 15 is 0 Å². The zero-order valence-corrected chi connectivity index (χ0v) is 27.2. The molecule has 0 aliphatic heterocycles. The SMILES string of the molecule is [CH][P@](=C1C=CC=C1c1ccc[c-]1[P+]([CH])(c1ccccc1)c1cccc2ccccc12)(c1ccccc1)c1cccc2ccccc12. The Kier molecular flexibility index (Phi) is 7.30. The summed E-state index contributed by atoms with van der Waals surface area (Å²) in [6.07, 6.45) is 6.64. The molecule has 0 fully saturated rings. The van der Waals surface area contributed by atoms with Gasteiger partial charge in [-0.25, -0.2) is 0 Å². The lowest BCUT2D eigenvalue weighted by molar-refractivity contribution is 1.75. The Morgan fingerprint density at radius 1 is 0.565 bits per heavy atom. The van der Waals surface area contributed by atoms with Crippen molar-refractivity contribution in [2.24, 2.45) is 0 Å². The highest BCUT2D eigenvalue weighted by Crippen LogP contribution is 2.58. The number of benzene rings is 6. The Bertz CT molecular complexity index is 2330. The van der Waals surface area contributed by atoms with Gasteiger partial charge in [0.2, 0.25) is 0 Å². The Hall–Kier alpha value is -4.60. The predicted molar refractivity (Wildman–Crippen MR) is 206 cm³/mol. The van der Waals surface area contributed by atoms with Gasteiger partial charge in [0, 0.05) is 17.4 Å². The monoisotopic (exact) mass is 622 g/mol. The quantitative estimate of drug-likeness (QED) is 0.128. The number of hydrogen-bond donors (Lipinski definition) is 0. The van der Waals surface area contributed by atoms with Gasteiger partial charge in [0.15, 0.2) is 6.66 Å². The van der Waals surface area contributed by atoms with Crippen LogP contribution in [-0.4, -0.2) is 5.29 Å². The molecule has 2 atom stereocenters. The largest absolute Gasteiger partial charge is 0.172 e. The van der Waals surface area contributed by atoms with Crippen molar-refractivity contribution in [3.8, 4) is 0 Å². The summed E-state index contributed by atoms with van der Waals surface area (Å²) in [4.78, 5) is 0. The molecule has 0 N–H and O–H groups in total.